The van der Waals surface area contributed by atoms with Gasteiger partial charge >= 0.3 is 5.69 Å². The number of methoxy groups -OCH3 is 1. The molecule has 3 aromatic rings. The van der Waals surface area contributed by atoms with Crippen molar-refractivity contribution in [1.29, 1.82) is 0 Å². The van der Waals surface area contributed by atoms with Crippen molar-refractivity contribution in [2.24, 2.45) is 14.1 Å². The van der Waals surface area contributed by atoms with E-state index in [2.05, 4.69) is 10.6 Å². The van der Waals surface area contributed by atoms with Crippen molar-refractivity contribution < 1.29 is 29.0 Å². The van der Waals surface area contributed by atoms with Crippen LogP contribution in [-0.2, 0) is 30.2 Å². The molecule has 3 rings (SSSR count). The van der Waals surface area contributed by atoms with Crippen molar-refractivity contribution in [1.82, 2.24) is 19.8 Å². The largest absolute Gasteiger partial charge is 0.504 e. The Balaban J connectivity index is 1.80. The average Bonchev–Trinajstić information content (AvgIpc) is 2.89. The number of nitrogens with one attached hydrogen (secondary N) is 2. The van der Waals surface area contributed by atoms with Gasteiger partial charge in [0.1, 0.15) is 11.8 Å². The van der Waals surface area contributed by atoms with E-state index in [4.69, 9.17) is 9.15 Å². The number of phenolic OH excluding ortho intramolecular Hbond substituents is 1. The Labute approximate surface area is 222 Å². The molecule has 0 saturated carbocycles. The molecule has 39 heavy (non-hydrogen) atoms. The van der Waals surface area contributed by atoms with Crippen molar-refractivity contribution in [3.05, 3.63) is 84.2 Å². The van der Waals surface area contributed by atoms with Gasteiger partial charge in [0, 0.05) is 38.3 Å². The second-order valence-corrected chi connectivity index (χ2v) is 9.00. The topological polar surface area (TPSA) is 182 Å². The normalized spacial score (nSPS) is 12.4. The van der Waals surface area contributed by atoms with Crippen LogP contribution >= 0.6 is 0 Å². The summed E-state index contributed by atoms with van der Waals surface area (Å²) in [6.45, 7) is 2.84. The van der Waals surface area contributed by atoms with E-state index < -0.39 is 46.2 Å². The van der Waals surface area contributed by atoms with E-state index in [1.165, 1.54) is 63.9 Å². The van der Waals surface area contributed by atoms with Gasteiger partial charge in [-0.1, -0.05) is 6.07 Å². The van der Waals surface area contributed by atoms with E-state index in [1.807, 2.05) is 0 Å². The van der Waals surface area contributed by atoms with Crippen LogP contribution in [0.3, 0.4) is 0 Å². The SMILES string of the molecule is COc1cc(C(CC(=O)NC(C)C(=O)NCc2cc(=O)n(C)c(=O)n2C)c2oc(C)cc(=O)c2O)ccc1O. The van der Waals surface area contributed by atoms with Gasteiger partial charge in [-0.3, -0.25) is 28.3 Å². The van der Waals surface area contributed by atoms with Gasteiger partial charge in [-0.15, -0.1) is 0 Å². The van der Waals surface area contributed by atoms with Crippen LogP contribution in [0.2, 0.25) is 0 Å². The Kier molecular flexibility index (Phi) is 8.64. The molecule has 0 aliphatic heterocycles. The number of amides is 2. The first-order chi connectivity index (χ1) is 18.3. The van der Waals surface area contributed by atoms with E-state index in [1.54, 1.807) is 0 Å². The van der Waals surface area contributed by atoms with Crippen molar-refractivity contribution in [2.45, 2.75) is 38.8 Å². The molecular weight excluding hydrogens is 512 g/mol. The Morgan fingerprint density at radius 2 is 1.77 bits per heavy atom. The fourth-order valence-corrected chi connectivity index (χ4v) is 3.96. The number of carbonyl (C=O) groups is 2. The molecule has 13 nitrogen and oxygen atoms in total. The average molecular weight is 543 g/mol. The lowest BCUT2D eigenvalue weighted by atomic mass is 9.91. The molecule has 208 valence electrons. The smallest absolute Gasteiger partial charge is 0.330 e. The fourth-order valence-electron chi connectivity index (χ4n) is 3.96. The second kappa shape index (κ2) is 11.7. The van der Waals surface area contributed by atoms with Crippen LogP contribution in [0.15, 0.2) is 49.1 Å². The third kappa shape index (κ3) is 6.37. The van der Waals surface area contributed by atoms with E-state index in [0.717, 1.165) is 10.6 Å². The number of rotatable bonds is 9. The van der Waals surface area contributed by atoms with Crippen molar-refractivity contribution in [3.63, 3.8) is 0 Å². The number of aromatic hydroxyl groups is 2. The van der Waals surface area contributed by atoms with Crippen LogP contribution < -0.4 is 32.0 Å². The molecule has 0 spiro atoms. The molecule has 0 radical (unpaired) electrons. The maximum Gasteiger partial charge on any atom is 0.330 e. The van der Waals surface area contributed by atoms with Crippen molar-refractivity contribution in [2.75, 3.05) is 7.11 Å². The first kappa shape index (κ1) is 28.8. The molecule has 2 heterocycles. The van der Waals surface area contributed by atoms with E-state index in [0.29, 0.717) is 5.56 Å². The second-order valence-electron chi connectivity index (χ2n) is 9.00. The van der Waals surface area contributed by atoms with E-state index in [9.17, 15) is 34.2 Å². The van der Waals surface area contributed by atoms with Crippen LogP contribution in [-0.4, -0.2) is 44.3 Å². The molecule has 0 aliphatic carbocycles. The zero-order chi connectivity index (χ0) is 29.0. The number of hydrogen-bond acceptors (Lipinski definition) is 9. The summed E-state index contributed by atoms with van der Waals surface area (Å²) in [6, 6.07) is 5.59. The van der Waals surface area contributed by atoms with Crippen molar-refractivity contribution >= 4 is 11.8 Å². The van der Waals surface area contributed by atoms with Crippen LogP contribution in [0.5, 0.6) is 17.2 Å². The van der Waals surface area contributed by atoms with Gasteiger partial charge in [-0.2, -0.15) is 0 Å². The molecule has 4 N–H and O–H groups in total. The number of aromatic nitrogens is 2. The molecule has 0 aliphatic rings. The molecule has 2 amide bonds. The fraction of sp³-hybridized carbons (Fsp3) is 0.346. The highest BCUT2D eigenvalue weighted by Crippen LogP contribution is 2.37. The summed E-state index contributed by atoms with van der Waals surface area (Å²) in [4.78, 5) is 61.9. The van der Waals surface area contributed by atoms with E-state index in [-0.39, 0.29) is 41.7 Å². The summed E-state index contributed by atoms with van der Waals surface area (Å²) in [7, 11) is 4.15. The quantitative estimate of drug-likeness (QED) is 0.292. The summed E-state index contributed by atoms with van der Waals surface area (Å²) in [5, 5.41) is 25.5. The van der Waals surface area contributed by atoms with Gasteiger partial charge in [-0.05, 0) is 31.5 Å². The first-order valence-corrected chi connectivity index (χ1v) is 11.9. The third-order valence-electron chi connectivity index (χ3n) is 6.22. The summed E-state index contributed by atoms with van der Waals surface area (Å²) in [5.74, 6) is -2.84. The van der Waals surface area contributed by atoms with Gasteiger partial charge in [-0.25, -0.2) is 4.79 Å². The number of hydrogen-bond donors (Lipinski definition) is 4. The minimum atomic E-state index is -1.02. The highest BCUT2D eigenvalue weighted by molar-refractivity contribution is 5.87. The number of nitrogens with zero attached hydrogens (tertiary/aromatic N) is 2. The summed E-state index contributed by atoms with van der Waals surface area (Å²) < 4.78 is 12.9. The van der Waals surface area contributed by atoms with Crippen LogP contribution in [0.4, 0.5) is 0 Å². The first-order valence-electron chi connectivity index (χ1n) is 11.9. The minimum absolute atomic E-state index is 0.102. The number of phenols is 1. The zero-order valence-electron chi connectivity index (χ0n) is 22.1. The predicted molar refractivity (Wildman–Crippen MR) is 139 cm³/mol. The van der Waals surface area contributed by atoms with Crippen LogP contribution in [0.1, 0.15) is 42.0 Å². The molecule has 2 aromatic heterocycles. The molecule has 0 bridgehead atoms. The molecular formula is C26H30N4O9. The molecule has 2 atom stereocenters. The van der Waals surface area contributed by atoms with Gasteiger partial charge < -0.3 is 30.0 Å². The van der Waals surface area contributed by atoms with Crippen molar-refractivity contribution in [3.8, 4) is 17.2 Å². The lowest BCUT2D eigenvalue weighted by Gasteiger charge is -2.20. The highest BCUT2D eigenvalue weighted by Gasteiger charge is 2.28. The Bertz CT molecular complexity index is 1590. The summed E-state index contributed by atoms with van der Waals surface area (Å²) in [5.41, 5.74) is -1.08. The van der Waals surface area contributed by atoms with E-state index >= 15 is 0 Å². The summed E-state index contributed by atoms with van der Waals surface area (Å²) >= 11 is 0. The molecule has 1 aromatic carbocycles. The lowest BCUT2D eigenvalue weighted by molar-refractivity contribution is -0.128. The number of aryl methyl sites for hydroxylation is 1. The Hall–Kier alpha value is -4.81. The maximum absolute atomic E-state index is 13.0. The number of ether oxygens (including phenoxy) is 1. The molecule has 2 unspecified atom stereocenters. The monoisotopic (exact) mass is 542 g/mol. The lowest BCUT2D eigenvalue weighted by Crippen LogP contribution is -2.46. The van der Waals surface area contributed by atoms with Gasteiger partial charge in [0.2, 0.25) is 23.0 Å². The van der Waals surface area contributed by atoms with Gasteiger partial charge in [0.25, 0.3) is 5.56 Å². The highest BCUT2D eigenvalue weighted by atomic mass is 16.5. The maximum atomic E-state index is 13.0. The van der Waals surface area contributed by atoms with Gasteiger partial charge in [0.15, 0.2) is 17.3 Å². The molecule has 0 fully saturated rings. The predicted octanol–water partition coefficient (Wildman–Crippen LogP) is 0.109. The minimum Gasteiger partial charge on any atom is -0.504 e. The number of carbonyl (C=O) groups excluding carboxylic acids is 2. The third-order valence-corrected chi connectivity index (χ3v) is 6.22. The molecule has 0 saturated heterocycles. The number of benzene rings is 1. The summed E-state index contributed by atoms with van der Waals surface area (Å²) in [6.07, 6.45) is -0.339. The Morgan fingerprint density at radius 1 is 1.08 bits per heavy atom. The molecule has 13 heteroatoms. The van der Waals surface area contributed by atoms with Crippen LogP contribution in [0, 0.1) is 6.92 Å². The standard InChI is InChI=1S/C26H30N4O9/c1-13-8-19(32)23(35)24(39-13)17(15-6-7-18(31)20(9-15)38-5)11-21(33)28-14(2)25(36)27-12-16-10-22(34)30(4)26(37)29(16)3/h6-10,14,17,31,35H,11-12H2,1-5H3,(H,27,36)(H,28,33). The Morgan fingerprint density at radius 3 is 2.44 bits per heavy atom. The zero-order valence-corrected chi connectivity index (χ0v) is 22.1. The van der Waals surface area contributed by atoms with Crippen LogP contribution in [0.25, 0.3) is 0 Å². The van der Waals surface area contributed by atoms with Gasteiger partial charge in [0.05, 0.1) is 19.6 Å².